The van der Waals surface area contributed by atoms with Gasteiger partial charge in [-0.3, -0.25) is 9.69 Å². The van der Waals surface area contributed by atoms with Crippen molar-refractivity contribution in [2.75, 3.05) is 26.3 Å². The first kappa shape index (κ1) is 29.3. The molecular formula is C31H44FNO4. The predicted molar refractivity (Wildman–Crippen MR) is 145 cm³/mol. The Morgan fingerprint density at radius 2 is 2.00 bits per heavy atom. The van der Waals surface area contributed by atoms with E-state index in [0.29, 0.717) is 37.6 Å². The van der Waals surface area contributed by atoms with Crippen molar-refractivity contribution in [2.24, 2.45) is 0 Å². The summed E-state index contributed by atoms with van der Waals surface area (Å²) >= 11 is 0. The van der Waals surface area contributed by atoms with Gasteiger partial charge in [0.2, 0.25) is 0 Å². The molecule has 0 radical (unpaired) electrons. The Balaban J connectivity index is 1.59. The smallest absolute Gasteiger partial charge is 0.306 e. The fourth-order valence-electron chi connectivity index (χ4n) is 5.28. The second-order valence-electron chi connectivity index (χ2n) is 10.4. The van der Waals surface area contributed by atoms with E-state index in [4.69, 9.17) is 9.47 Å². The van der Waals surface area contributed by atoms with Crippen molar-refractivity contribution >= 4 is 5.97 Å². The number of likely N-dealkylation sites (tertiary alicyclic amines) is 1. The first-order valence-electron chi connectivity index (χ1n) is 13.8. The van der Waals surface area contributed by atoms with Gasteiger partial charge in [-0.15, -0.1) is 0 Å². The number of esters is 1. The summed E-state index contributed by atoms with van der Waals surface area (Å²) in [5.74, 6) is -0.345. The summed E-state index contributed by atoms with van der Waals surface area (Å²) in [5.41, 5.74) is 5.00. The minimum Gasteiger partial charge on any atom is -0.466 e. The molecule has 2 aromatic carbocycles. The number of aliphatic hydroxyl groups excluding tert-OH is 1. The van der Waals surface area contributed by atoms with Gasteiger partial charge in [0.15, 0.2) is 0 Å². The predicted octanol–water partition coefficient (Wildman–Crippen LogP) is 5.86. The molecule has 1 saturated heterocycles. The Morgan fingerprint density at radius 3 is 2.73 bits per heavy atom. The van der Waals surface area contributed by atoms with Crippen molar-refractivity contribution in [1.82, 2.24) is 4.90 Å². The molecule has 3 unspecified atom stereocenters. The molecule has 1 N–H and O–H groups in total. The Hall–Kier alpha value is -2.28. The number of β-amino-alcohol motifs (C(OH)–C–C–N with tert-alkyl or cyclic N) is 1. The number of rotatable bonds is 14. The number of hydrogen-bond donors (Lipinski definition) is 1. The van der Waals surface area contributed by atoms with E-state index >= 15 is 0 Å². The maximum atomic E-state index is 14.0. The molecule has 37 heavy (non-hydrogen) atoms. The van der Waals surface area contributed by atoms with E-state index in [2.05, 4.69) is 36.9 Å². The maximum absolute atomic E-state index is 14.0. The van der Waals surface area contributed by atoms with Gasteiger partial charge in [-0.2, -0.15) is 0 Å². The molecule has 1 fully saturated rings. The largest absolute Gasteiger partial charge is 0.466 e. The highest BCUT2D eigenvalue weighted by molar-refractivity contribution is 5.69. The van der Waals surface area contributed by atoms with Gasteiger partial charge in [-0.25, -0.2) is 4.39 Å². The third-order valence-electron chi connectivity index (χ3n) is 7.24. The van der Waals surface area contributed by atoms with Crippen LogP contribution in [-0.2, 0) is 27.1 Å². The highest BCUT2D eigenvalue weighted by atomic mass is 19.1. The SMILES string of the molecule is CCCC(OCC(O)CN1CCCC1Cc1ccc(C)c(F)c1)c1ccc(C)cc1CCC(=O)OCC. The number of halogens is 1. The summed E-state index contributed by atoms with van der Waals surface area (Å²) in [7, 11) is 0. The van der Waals surface area contributed by atoms with Crippen molar-refractivity contribution in [3.8, 4) is 0 Å². The molecule has 3 rings (SSSR count). The van der Waals surface area contributed by atoms with Gasteiger partial charge in [0.1, 0.15) is 5.82 Å². The Bertz CT molecular complexity index is 1010. The molecule has 0 bridgehead atoms. The van der Waals surface area contributed by atoms with Crippen molar-refractivity contribution < 1.29 is 23.8 Å². The first-order chi connectivity index (χ1) is 17.8. The second-order valence-corrected chi connectivity index (χ2v) is 10.4. The normalized spacial score (nSPS) is 17.6. The standard InChI is InChI=1S/C31H44FNO4/c1-5-8-30(28-14-10-22(3)17-25(28)13-15-31(35)36-6-2)37-21-27(34)20-33-16-7-9-26(33)18-24-12-11-23(4)29(32)19-24/h10-12,14,17,19,26-27,30,34H,5-9,13,15-16,18,20-21H2,1-4H3. The van der Waals surface area contributed by atoms with Crippen molar-refractivity contribution in [3.63, 3.8) is 0 Å². The van der Waals surface area contributed by atoms with Crippen LogP contribution in [0.5, 0.6) is 0 Å². The van der Waals surface area contributed by atoms with Crippen LogP contribution in [-0.4, -0.2) is 54.4 Å². The lowest BCUT2D eigenvalue weighted by atomic mass is 9.94. The van der Waals surface area contributed by atoms with E-state index in [1.807, 2.05) is 19.1 Å². The highest BCUT2D eigenvalue weighted by Crippen LogP contribution is 2.29. The van der Waals surface area contributed by atoms with E-state index in [1.165, 1.54) is 0 Å². The lowest BCUT2D eigenvalue weighted by molar-refractivity contribution is -0.143. The van der Waals surface area contributed by atoms with Crippen molar-refractivity contribution in [1.29, 1.82) is 0 Å². The number of hydrogen-bond acceptors (Lipinski definition) is 5. The van der Waals surface area contributed by atoms with Crippen LogP contribution in [0.4, 0.5) is 4.39 Å². The summed E-state index contributed by atoms with van der Waals surface area (Å²) in [4.78, 5) is 14.3. The number of benzene rings is 2. The number of aliphatic hydroxyl groups is 1. The first-order valence-corrected chi connectivity index (χ1v) is 13.8. The maximum Gasteiger partial charge on any atom is 0.306 e. The fraction of sp³-hybridized carbons (Fsp3) is 0.581. The van der Waals surface area contributed by atoms with Crippen LogP contribution in [0.3, 0.4) is 0 Å². The second kappa shape index (κ2) is 14.6. The van der Waals surface area contributed by atoms with Gasteiger partial charge in [0.25, 0.3) is 0 Å². The number of carbonyl (C=O) groups is 1. The summed E-state index contributed by atoms with van der Waals surface area (Å²) in [6, 6.07) is 12.1. The number of ether oxygens (including phenoxy) is 2. The van der Waals surface area contributed by atoms with Gasteiger partial charge in [-0.1, -0.05) is 49.2 Å². The molecule has 0 aromatic heterocycles. The van der Waals surface area contributed by atoms with Crippen LogP contribution in [0.1, 0.15) is 79.9 Å². The summed E-state index contributed by atoms with van der Waals surface area (Å²) in [5, 5.41) is 10.9. The molecule has 6 heteroatoms. The van der Waals surface area contributed by atoms with Gasteiger partial charge in [0.05, 0.1) is 25.4 Å². The zero-order chi connectivity index (χ0) is 26.8. The molecule has 1 aliphatic heterocycles. The van der Waals surface area contributed by atoms with Crippen LogP contribution in [0.15, 0.2) is 36.4 Å². The molecule has 5 nitrogen and oxygen atoms in total. The van der Waals surface area contributed by atoms with Crippen LogP contribution < -0.4 is 0 Å². The third-order valence-corrected chi connectivity index (χ3v) is 7.24. The summed E-state index contributed by atoms with van der Waals surface area (Å²) < 4.78 is 25.4. The molecular weight excluding hydrogens is 469 g/mol. The molecule has 0 spiro atoms. The number of nitrogens with zero attached hydrogens (tertiary/aromatic N) is 1. The minimum atomic E-state index is -0.608. The average molecular weight is 514 g/mol. The van der Waals surface area contributed by atoms with E-state index in [9.17, 15) is 14.3 Å². The Kier molecular flexibility index (Phi) is 11.6. The Labute approximate surface area is 222 Å². The van der Waals surface area contributed by atoms with Gasteiger partial charge < -0.3 is 14.6 Å². The van der Waals surface area contributed by atoms with Crippen molar-refractivity contribution in [2.45, 2.75) is 90.9 Å². The Morgan fingerprint density at radius 1 is 1.19 bits per heavy atom. The topological polar surface area (TPSA) is 59.0 Å². The van der Waals surface area contributed by atoms with E-state index in [-0.39, 0.29) is 24.5 Å². The molecule has 0 amide bonds. The molecule has 3 atom stereocenters. The summed E-state index contributed by atoms with van der Waals surface area (Å²) in [6.07, 6.45) is 4.92. The minimum absolute atomic E-state index is 0.137. The van der Waals surface area contributed by atoms with Crippen LogP contribution in [0.2, 0.25) is 0 Å². The van der Waals surface area contributed by atoms with Gasteiger partial charge in [0, 0.05) is 19.0 Å². The van der Waals surface area contributed by atoms with Crippen LogP contribution in [0, 0.1) is 19.7 Å². The number of carbonyl (C=O) groups excluding carboxylic acids is 1. The quantitative estimate of drug-likeness (QED) is 0.321. The molecule has 0 saturated carbocycles. The van der Waals surface area contributed by atoms with E-state index in [0.717, 1.165) is 60.9 Å². The highest BCUT2D eigenvalue weighted by Gasteiger charge is 2.27. The fourth-order valence-corrected chi connectivity index (χ4v) is 5.28. The van der Waals surface area contributed by atoms with Crippen LogP contribution in [0.25, 0.3) is 0 Å². The zero-order valence-corrected chi connectivity index (χ0v) is 23.0. The molecule has 0 aliphatic carbocycles. The third kappa shape index (κ3) is 8.91. The van der Waals surface area contributed by atoms with Gasteiger partial charge in [-0.05, 0) is 87.7 Å². The zero-order valence-electron chi connectivity index (χ0n) is 23.0. The summed E-state index contributed by atoms with van der Waals surface area (Å²) in [6.45, 7) is 9.89. The van der Waals surface area contributed by atoms with E-state index < -0.39 is 6.10 Å². The molecule has 1 aliphatic rings. The van der Waals surface area contributed by atoms with Crippen LogP contribution >= 0.6 is 0 Å². The lowest BCUT2D eigenvalue weighted by Crippen LogP contribution is -2.39. The number of aryl methyl sites for hydroxylation is 3. The molecule has 2 aromatic rings. The van der Waals surface area contributed by atoms with Crippen molar-refractivity contribution in [3.05, 3.63) is 70.0 Å². The van der Waals surface area contributed by atoms with E-state index in [1.54, 1.807) is 13.0 Å². The van der Waals surface area contributed by atoms with Gasteiger partial charge >= 0.3 is 5.97 Å². The average Bonchev–Trinajstić information content (AvgIpc) is 3.29. The lowest BCUT2D eigenvalue weighted by Gasteiger charge is -2.28. The molecule has 1 heterocycles. The monoisotopic (exact) mass is 513 g/mol. The molecule has 204 valence electrons.